The highest BCUT2D eigenvalue weighted by molar-refractivity contribution is 5.44. The predicted octanol–water partition coefficient (Wildman–Crippen LogP) is 5.77. The summed E-state index contributed by atoms with van der Waals surface area (Å²) in [6.45, 7) is 4.43. The minimum atomic E-state index is 1.08. The Bertz CT molecular complexity index is 623. The van der Waals surface area contributed by atoms with Gasteiger partial charge in [0.1, 0.15) is 0 Å². The third-order valence-electron chi connectivity index (χ3n) is 3.96. The quantitative estimate of drug-likeness (QED) is 0.468. The van der Waals surface area contributed by atoms with E-state index in [2.05, 4.69) is 74.2 Å². The van der Waals surface area contributed by atoms with Gasteiger partial charge in [0.15, 0.2) is 0 Å². The van der Waals surface area contributed by atoms with E-state index in [1.807, 2.05) is 0 Å². The summed E-state index contributed by atoms with van der Waals surface area (Å²) in [5.74, 6) is 6.56. The van der Waals surface area contributed by atoms with E-state index in [9.17, 15) is 0 Å². The molecule has 0 saturated carbocycles. The van der Waals surface area contributed by atoms with Gasteiger partial charge in [0.25, 0.3) is 0 Å². The van der Waals surface area contributed by atoms with E-state index in [-0.39, 0.29) is 0 Å². The zero-order valence-corrected chi connectivity index (χ0v) is 13.9. The lowest BCUT2D eigenvalue weighted by molar-refractivity contribution is 0.667. The average molecular weight is 290 g/mol. The first kappa shape index (κ1) is 16.4. The van der Waals surface area contributed by atoms with Crippen LogP contribution in [0.15, 0.2) is 48.5 Å². The van der Waals surface area contributed by atoms with Crippen LogP contribution in [0.1, 0.15) is 61.8 Å². The zero-order valence-electron chi connectivity index (χ0n) is 13.9. The Morgan fingerprint density at radius 2 is 1.50 bits per heavy atom. The van der Waals surface area contributed by atoms with Crippen LogP contribution in [-0.2, 0) is 12.8 Å². The maximum Gasteiger partial charge on any atom is 0.0251 e. The summed E-state index contributed by atoms with van der Waals surface area (Å²) in [5.41, 5.74) is 4.97. The molecule has 0 spiro atoms. The molecular formula is C22H26. The van der Waals surface area contributed by atoms with Gasteiger partial charge in [-0.15, -0.1) is 0 Å². The van der Waals surface area contributed by atoms with Gasteiger partial charge in [0, 0.05) is 11.1 Å². The molecule has 0 atom stereocenters. The molecule has 2 aromatic carbocycles. The van der Waals surface area contributed by atoms with Crippen LogP contribution in [0.2, 0.25) is 0 Å². The van der Waals surface area contributed by atoms with Crippen LogP contribution in [0.3, 0.4) is 0 Å². The minimum Gasteiger partial charge on any atom is -0.0654 e. The van der Waals surface area contributed by atoms with Gasteiger partial charge in [-0.3, -0.25) is 0 Å². The van der Waals surface area contributed by atoms with Crippen molar-refractivity contribution in [1.29, 1.82) is 0 Å². The van der Waals surface area contributed by atoms with Gasteiger partial charge in [-0.2, -0.15) is 0 Å². The Labute approximate surface area is 135 Å². The van der Waals surface area contributed by atoms with Gasteiger partial charge in [-0.05, 0) is 54.7 Å². The van der Waals surface area contributed by atoms with Crippen molar-refractivity contribution in [1.82, 2.24) is 0 Å². The van der Waals surface area contributed by atoms with E-state index >= 15 is 0 Å². The molecule has 0 unspecified atom stereocenters. The highest BCUT2D eigenvalue weighted by atomic mass is 14.0. The van der Waals surface area contributed by atoms with Crippen molar-refractivity contribution in [2.24, 2.45) is 0 Å². The first-order valence-electron chi connectivity index (χ1n) is 8.51. The first-order chi connectivity index (χ1) is 10.8. The van der Waals surface area contributed by atoms with Crippen LogP contribution in [-0.4, -0.2) is 0 Å². The van der Waals surface area contributed by atoms with Gasteiger partial charge in [0.2, 0.25) is 0 Å². The highest BCUT2D eigenvalue weighted by Crippen LogP contribution is 2.10. The van der Waals surface area contributed by atoms with Crippen molar-refractivity contribution in [2.45, 2.75) is 52.4 Å². The fourth-order valence-corrected chi connectivity index (χ4v) is 2.53. The van der Waals surface area contributed by atoms with Crippen LogP contribution in [0.4, 0.5) is 0 Å². The largest absolute Gasteiger partial charge is 0.0654 e. The molecule has 0 fully saturated rings. The Kier molecular flexibility index (Phi) is 6.78. The number of hydrogen-bond donors (Lipinski definition) is 0. The second-order valence-corrected chi connectivity index (χ2v) is 5.81. The summed E-state index contributed by atoms with van der Waals surface area (Å²) < 4.78 is 0. The lowest BCUT2D eigenvalue weighted by Crippen LogP contribution is -1.87. The maximum absolute atomic E-state index is 3.29. The first-order valence-corrected chi connectivity index (χ1v) is 8.51. The molecule has 114 valence electrons. The Morgan fingerprint density at radius 3 is 2.23 bits per heavy atom. The van der Waals surface area contributed by atoms with E-state index in [0.29, 0.717) is 0 Å². The molecule has 0 heteroatoms. The van der Waals surface area contributed by atoms with E-state index in [4.69, 9.17) is 0 Å². The summed E-state index contributed by atoms with van der Waals surface area (Å²) in [5, 5.41) is 0. The molecule has 2 aromatic rings. The summed E-state index contributed by atoms with van der Waals surface area (Å²) >= 11 is 0. The summed E-state index contributed by atoms with van der Waals surface area (Å²) in [4.78, 5) is 0. The van der Waals surface area contributed by atoms with Crippen LogP contribution in [0.25, 0.3) is 0 Å². The molecule has 0 aromatic heterocycles. The molecule has 0 aliphatic heterocycles. The van der Waals surface area contributed by atoms with Crippen molar-refractivity contribution in [2.75, 3.05) is 0 Å². The number of rotatable bonds is 6. The number of unbranched alkanes of at least 4 members (excludes halogenated alkanes) is 3. The normalized spacial score (nSPS) is 10.1. The third-order valence-corrected chi connectivity index (χ3v) is 3.96. The van der Waals surface area contributed by atoms with Gasteiger partial charge in [-0.25, -0.2) is 0 Å². The lowest BCUT2D eigenvalue weighted by atomic mass is 10.0. The molecule has 0 nitrogen and oxygen atoms in total. The third kappa shape index (κ3) is 5.41. The zero-order chi connectivity index (χ0) is 15.6. The maximum atomic E-state index is 3.29. The second-order valence-electron chi connectivity index (χ2n) is 5.81. The summed E-state index contributed by atoms with van der Waals surface area (Å²) in [6, 6.07) is 17.2. The van der Waals surface area contributed by atoms with Gasteiger partial charge in [-0.1, -0.05) is 69.2 Å². The summed E-state index contributed by atoms with van der Waals surface area (Å²) in [6.07, 6.45) is 7.49. The Morgan fingerprint density at radius 1 is 0.727 bits per heavy atom. The van der Waals surface area contributed by atoms with Crippen molar-refractivity contribution in [3.8, 4) is 11.8 Å². The van der Waals surface area contributed by atoms with Crippen molar-refractivity contribution < 1.29 is 0 Å². The fraction of sp³-hybridized carbons (Fsp3) is 0.364. The van der Waals surface area contributed by atoms with Crippen LogP contribution in [0, 0.1) is 11.8 Å². The van der Waals surface area contributed by atoms with Gasteiger partial charge < -0.3 is 0 Å². The topological polar surface area (TPSA) is 0 Å². The van der Waals surface area contributed by atoms with Crippen molar-refractivity contribution >= 4 is 0 Å². The van der Waals surface area contributed by atoms with E-state index in [0.717, 1.165) is 17.5 Å². The number of hydrogen-bond acceptors (Lipinski definition) is 0. The van der Waals surface area contributed by atoms with Crippen LogP contribution >= 0.6 is 0 Å². The summed E-state index contributed by atoms with van der Waals surface area (Å²) in [7, 11) is 0. The number of benzene rings is 2. The minimum absolute atomic E-state index is 1.08. The molecule has 0 N–H and O–H groups in total. The second kappa shape index (κ2) is 9.11. The van der Waals surface area contributed by atoms with Crippen molar-refractivity contribution in [3.63, 3.8) is 0 Å². The lowest BCUT2D eigenvalue weighted by Gasteiger charge is -2.01. The van der Waals surface area contributed by atoms with Gasteiger partial charge >= 0.3 is 0 Å². The molecule has 0 aliphatic rings. The van der Waals surface area contributed by atoms with Gasteiger partial charge in [0.05, 0.1) is 0 Å². The van der Waals surface area contributed by atoms with E-state index in [1.165, 1.54) is 43.2 Å². The molecule has 0 saturated heterocycles. The van der Waals surface area contributed by atoms with Crippen molar-refractivity contribution in [3.05, 3.63) is 70.8 Å². The van der Waals surface area contributed by atoms with Crippen LogP contribution < -0.4 is 0 Å². The molecular weight excluding hydrogens is 264 g/mol. The van der Waals surface area contributed by atoms with E-state index < -0.39 is 0 Å². The highest BCUT2D eigenvalue weighted by Gasteiger charge is 1.95. The molecule has 0 bridgehead atoms. The SMILES string of the molecule is CCCCCCc1cccc(C#Cc2ccc(CC)cc2)c1. The predicted molar refractivity (Wildman–Crippen MR) is 96.1 cm³/mol. The molecule has 2 rings (SSSR count). The number of aryl methyl sites for hydroxylation is 2. The molecule has 22 heavy (non-hydrogen) atoms. The Balaban J connectivity index is 1.99. The standard InChI is InChI=1S/C22H26/c1-3-5-6-7-9-21-10-8-11-22(18-21)17-16-20-14-12-19(4-2)13-15-20/h8,10-15,18H,3-7,9H2,1-2H3. The Hall–Kier alpha value is -2.00. The molecule has 0 amide bonds. The molecule has 0 aliphatic carbocycles. The fourth-order valence-electron chi connectivity index (χ4n) is 2.53. The molecule has 0 radical (unpaired) electrons. The smallest absolute Gasteiger partial charge is 0.0251 e. The monoisotopic (exact) mass is 290 g/mol. The average Bonchev–Trinajstić information content (AvgIpc) is 2.58. The van der Waals surface area contributed by atoms with E-state index in [1.54, 1.807) is 0 Å². The van der Waals surface area contributed by atoms with Crippen LogP contribution in [0.5, 0.6) is 0 Å². The molecule has 0 heterocycles.